The van der Waals surface area contributed by atoms with E-state index in [1.807, 2.05) is 0 Å². The van der Waals surface area contributed by atoms with Crippen LogP contribution in [0.25, 0.3) is 0 Å². The van der Waals surface area contributed by atoms with Crippen molar-refractivity contribution in [1.82, 2.24) is 5.32 Å². The zero-order chi connectivity index (χ0) is 8.97. The molecule has 12 heavy (non-hydrogen) atoms. The van der Waals surface area contributed by atoms with Crippen molar-refractivity contribution in [2.45, 2.75) is 30.5 Å². The monoisotopic (exact) mass is 235 g/mol. The van der Waals surface area contributed by atoms with Crippen molar-refractivity contribution in [2.75, 3.05) is 6.54 Å². The standard InChI is InChI=1S/C8H14BrNO2/c9-7-3-1-6(2-4-7)5-10-8(11)12/h6-7,10H,1-5H2,(H,11,12). The summed E-state index contributed by atoms with van der Waals surface area (Å²) in [5.41, 5.74) is 0. The number of hydrogen-bond donors (Lipinski definition) is 2. The lowest BCUT2D eigenvalue weighted by molar-refractivity contribution is 0.190. The summed E-state index contributed by atoms with van der Waals surface area (Å²) in [6.07, 6.45) is 3.71. The average Bonchev–Trinajstić information content (AvgIpc) is 2.03. The Balaban J connectivity index is 2.13. The molecule has 4 heteroatoms. The zero-order valence-corrected chi connectivity index (χ0v) is 8.51. The van der Waals surface area contributed by atoms with E-state index >= 15 is 0 Å². The number of alkyl halides is 1. The van der Waals surface area contributed by atoms with Crippen molar-refractivity contribution in [3.8, 4) is 0 Å². The van der Waals surface area contributed by atoms with Crippen LogP contribution in [-0.2, 0) is 0 Å². The minimum absolute atomic E-state index is 0.551. The second-order valence-electron chi connectivity index (χ2n) is 3.30. The van der Waals surface area contributed by atoms with E-state index < -0.39 is 6.09 Å². The van der Waals surface area contributed by atoms with Gasteiger partial charge in [0.2, 0.25) is 0 Å². The van der Waals surface area contributed by atoms with Crippen molar-refractivity contribution in [1.29, 1.82) is 0 Å². The fraction of sp³-hybridized carbons (Fsp3) is 0.875. The van der Waals surface area contributed by atoms with Gasteiger partial charge in [0.25, 0.3) is 0 Å². The maximum atomic E-state index is 10.2. The highest BCUT2D eigenvalue weighted by molar-refractivity contribution is 9.09. The largest absolute Gasteiger partial charge is 0.465 e. The Morgan fingerprint density at radius 1 is 1.42 bits per heavy atom. The Morgan fingerprint density at radius 3 is 2.50 bits per heavy atom. The molecule has 0 unspecified atom stereocenters. The topological polar surface area (TPSA) is 49.3 Å². The fourth-order valence-corrected chi connectivity index (χ4v) is 2.09. The zero-order valence-electron chi connectivity index (χ0n) is 6.92. The molecule has 0 aromatic heterocycles. The van der Waals surface area contributed by atoms with Crippen LogP contribution >= 0.6 is 15.9 Å². The summed E-state index contributed by atoms with van der Waals surface area (Å²) in [5, 5.41) is 10.8. The van der Waals surface area contributed by atoms with Crippen LogP contribution in [0.15, 0.2) is 0 Å². The minimum Gasteiger partial charge on any atom is -0.465 e. The summed E-state index contributed by atoms with van der Waals surface area (Å²) in [7, 11) is 0. The van der Waals surface area contributed by atoms with Gasteiger partial charge in [-0.1, -0.05) is 15.9 Å². The molecule has 0 aromatic carbocycles. The first-order valence-electron chi connectivity index (χ1n) is 4.29. The number of carboxylic acid groups (broad SMARTS) is 1. The van der Waals surface area contributed by atoms with Crippen molar-refractivity contribution in [2.24, 2.45) is 5.92 Å². The number of nitrogens with one attached hydrogen (secondary N) is 1. The van der Waals surface area contributed by atoms with Crippen LogP contribution in [0.5, 0.6) is 0 Å². The molecular weight excluding hydrogens is 222 g/mol. The van der Waals surface area contributed by atoms with E-state index in [9.17, 15) is 4.79 Å². The summed E-state index contributed by atoms with van der Waals surface area (Å²) < 4.78 is 0. The molecule has 2 N–H and O–H groups in total. The van der Waals surface area contributed by atoms with Crippen molar-refractivity contribution in [3.63, 3.8) is 0 Å². The highest BCUT2D eigenvalue weighted by atomic mass is 79.9. The molecule has 0 bridgehead atoms. The molecule has 0 spiro atoms. The van der Waals surface area contributed by atoms with E-state index in [4.69, 9.17) is 5.11 Å². The number of hydrogen-bond acceptors (Lipinski definition) is 1. The van der Waals surface area contributed by atoms with Crippen molar-refractivity contribution < 1.29 is 9.90 Å². The molecule has 1 aliphatic carbocycles. The molecule has 1 saturated carbocycles. The number of amides is 1. The summed E-state index contributed by atoms with van der Waals surface area (Å²) in [6, 6.07) is 0. The van der Waals surface area contributed by atoms with Gasteiger partial charge in [0.05, 0.1) is 0 Å². The first-order valence-corrected chi connectivity index (χ1v) is 5.21. The predicted octanol–water partition coefficient (Wildman–Crippen LogP) is 2.21. The average molecular weight is 236 g/mol. The van der Waals surface area contributed by atoms with Crippen LogP contribution in [0.4, 0.5) is 4.79 Å². The van der Waals surface area contributed by atoms with Crippen LogP contribution < -0.4 is 5.32 Å². The van der Waals surface area contributed by atoms with E-state index in [1.165, 1.54) is 12.8 Å². The molecule has 0 aliphatic heterocycles. The van der Waals surface area contributed by atoms with Crippen LogP contribution in [0.2, 0.25) is 0 Å². The Bertz CT molecular complexity index is 155. The van der Waals surface area contributed by atoms with Gasteiger partial charge in [-0.3, -0.25) is 0 Å². The minimum atomic E-state index is -0.907. The molecule has 3 nitrogen and oxygen atoms in total. The fourth-order valence-electron chi connectivity index (χ4n) is 1.56. The van der Waals surface area contributed by atoms with Crippen molar-refractivity contribution >= 4 is 22.0 Å². The Labute approximate surface area is 80.7 Å². The summed E-state index contributed by atoms with van der Waals surface area (Å²) in [6.45, 7) is 0.620. The van der Waals surface area contributed by atoms with Crippen LogP contribution in [-0.4, -0.2) is 22.6 Å². The quantitative estimate of drug-likeness (QED) is 0.722. The first kappa shape index (κ1) is 9.84. The van der Waals surface area contributed by atoms with E-state index in [1.54, 1.807) is 0 Å². The third kappa shape index (κ3) is 3.43. The third-order valence-corrected chi connectivity index (χ3v) is 3.23. The molecule has 70 valence electrons. The molecular formula is C8H14BrNO2. The van der Waals surface area contributed by atoms with Gasteiger partial charge in [-0.25, -0.2) is 4.79 Å². The molecule has 0 heterocycles. The molecule has 1 aliphatic rings. The highest BCUT2D eigenvalue weighted by Crippen LogP contribution is 2.27. The van der Waals surface area contributed by atoms with Crippen LogP contribution in [0.3, 0.4) is 0 Å². The number of rotatable bonds is 2. The van der Waals surface area contributed by atoms with E-state index in [2.05, 4.69) is 21.2 Å². The third-order valence-electron chi connectivity index (χ3n) is 2.32. The summed E-state index contributed by atoms with van der Waals surface area (Å²) in [5.74, 6) is 0.551. The second-order valence-corrected chi connectivity index (χ2v) is 4.60. The van der Waals surface area contributed by atoms with Gasteiger partial charge >= 0.3 is 6.09 Å². The van der Waals surface area contributed by atoms with Gasteiger partial charge in [0.15, 0.2) is 0 Å². The van der Waals surface area contributed by atoms with Crippen LogP contribution in [0, 0.1) is 5.92 Å². The van der Waals surface area contributed by atoms with E-state index in [0.29, 0.717) is 17.3 Å². The van der Waals surface area contributed by atoms with Gasteiger partial charge < -0.3 is 10.4 Å². The second kappa shape index (κ2) is 4.70. The van der Waals surface area contributed by atoms with E-state index in [-0.39, 0.29) is 0 Å². The first-order chi connectivity index (χ1) is 5.68. The highest BCUT2D eigenvalue weighted by Gasteiger charge is 2.19. The summed E-state index contributed by atoms with van der Waals surface area (Å²) >= 11 is 3.56. The lowest BCUT2D eigenvalue weighted by Gasteiger charge is -2.24. The maximum absolute atomic E-state index is 10.2. The number of halogens is 1. The molecule has 0 aromatic rings. The Hall–Kier alpha value is -0.250. The smallest absolute Gasteiger partial charge is 0.404 e. The SMILES string of the molecule is O=C(O)NCC1CCC(Br)CC1. The Morgan fingerprint density at radius 2 is 2.00 bits per heavy atom. The van der Waals surface area contributed by atoms with Gasteiger partial charge in [-0.05, 0) is 31.6 Å². The van der Waals surface area contributed by atoms with Gasteiger partial charge in [-0.15, -0.1) is 0 Å². The van der Waals surface area contributed by atoms with Gasteiger partial charge in [0.1, 0.15) is 0 Å². The summed E-state index contributed by atoms with van der Waals surface area (Å²) in [4.78, 5) is 10.8. The molecule has 1 amide bonds. The molecule has 0 radical (unpaired) electrons. The molecule has 1 fully saturated rings. The molecule has 0 saturated heterocycles. The predicted molar refractivity (Wildman–Crippen MR) is 50.7 cm³/mol. The molecule has 0 atom stereocenters. The normalized spacial score (nSPS) is 29.8. The molecule has 1 rings (SSSR count). The Kier molecular flexibility index (Phi) is 3.85. The van der Waals surface area contributed by atoms with Crippen LogP contribution in [0.1, 0.15) is 25.7 Å². The number of carbonyl (C=O) groups is 1. The van der Waals surface area contributed by atoms with E-state index in [0.717, 1.165) is 12.8 Å². The lowest BCUT2D eigenvalue weighted by atomic mass is 9.89. The lowest BCUT2D eigenvalue weighted by Crippen LogP contribution is -2.30. The van der Waals surface area contributed by atoms with Crippen molar-refractivity contribution in [3.05, 3.63) is 0 Å². The maximum Gasteiger partial charge on any atom is 0.404 e. The van der Waals surface area contributed by atoms with Gasteiger partial charge in [-0.2, -0.15) is 0 Å². The van der Waals surface area contributed by atoms with Gasteiger partial charge in [0, 0.05) is 11.4 Å².